The predicted molar refractivity (Wildman–Crippen MR) is 87.0 cm³/mol. The van der Waals surface area contributed by atoms with Crippen LogP contribution in [0.2, 0.25) is 0 Å². The molecule has 1 heterocycles. The monoisotopic (exact) mass is 335 g/mol. The third-order valence-electron chi connectivity index (χ3n) is 3.58. The summed E-state index contributed by atoms with van der Waals surface area (Å²) in [6.07, 6.45) is 1.03. The molecule has 0 unspecified atom stereocenters. The first-order valence-corrected chi connectivity index (χ1v) is 7.73. The highest BCUT2D eigenvalue weighted by Gasteiger charge is 2.35. The standard InChI is InChI=1S/C16H21N3O5/c1-24-9-3-7-19-14(21)12-5-4-11(10-13(12)15(19)22)18-16(23)17-6-2-8-20/h4-5,10,20H,2-3,6-9H2,1H3,(H2,17,18,23). The van der Waals surface area contributed by atoms with Crippen molar-refractivity contribution in [1.82, 2.24) is 10.2 Å². The van der Waals surface area contributed by atoms with Gasteiger partial charge < -0.3 is 20.5 Å². The predicted octanol–water partition coefficient (Wildman–Crippen LogP) is 0.823. The largest absolute Gasteiger partial charge is 0.396 e. The number of carbonyl (C=O) groups is 3. The number of aliphatic hydroxyl groups excluding tert-OH is 1. The molecule has 8 heteroatoms. The lowest BCUT2D eigenvalue weighted by Crippen LogP contribution is -2.31. The molecular formula is C16H21N3O5. The first-order valence-electron chi connectivity index (χ1n) is 7.73. The molecule has 8 nitrogen and oxygen atoms in total. The van der Waals surface area contributed by atoms with Crippen LogP contribution in [0, 0.1) is 0 Å². The van der Waals surface area contributed by atoms with Gasteiger partial charge >= 0.3 is 6.03 Å². The van der Waals surface area contributed by atoms with E-state index in [2.05, 4.69) is 10.6 Å². The molecule has 0 saturated heterocycles. The van der Waals surface area contributed by atoms with E-state index in [4.69, 9.17) is 9.84 Å². The molecule has 2 rings (SSSR count). The van der Waals surface area contributed by atoms with Crippen LogP contribution in [-0.4, -0.2) is 61.3 Å². The van der Waals surface area contributed by atoms with Crippen molar-refractivity contribution in [1.29, 1.82) is 0 Å². The number of carbonyl (C=O) groups excluding carboxylic acids is 3. The lowest BCUT2D eigenvalue weighted by atomic mass is 10.1. The third-order valence-corrected chi connectivity index (χ3v) is 3.58. The summed E-state index contributed by atoms with van der Waals surface area (Å²) in [6, 6.07) is 4.18. The van der Waals surface area contributed by atoms with Crippen LogP contribution in [0.4, 0.5) is 10.5 Å². The molecule has 0 aliphatic carbocycles. The van der Waals surface area contributed by atoms with Crippen molar-refractivity contribution >= 4 is 23.5 Å². The molecular weight excluding hydrogens is 314 g/mol. The zero-order valence-corrected chi connectivity index (χ0v) is 13.5. The lowest BCUT2D eigenvalue weighted by Gasteiger charge is -2.12. The Morgan fingerprint density at radius 1 is 1.21 bits per heavy atom. The summed E-state index contributed by atoms with van der Waals surface area (Å²) in [5.74, 6) is -0.694. The minimum atomic E-state index is -0.433. The van der Waals surface area contributed by atoms with Gasteiger partial charge in [0.25, 0.3) is 11.8 Å². The smallest absolute Gasteiger partial charge is 0.319 e. The van der Waals surface area contributed by atoms with E-state index in [0.717, 1.165) is 0 Å². The fourth-order valence-corrected chi connectivity index (χ4v) is 2.39. The minimum Gasteiger partial charge on any atom is -0.396 e. The molecule has 0 aromatic heterocycles. The average molecular weight is 335 g/mol. The first kappa shape index (κ1) is 17.9. The maximum absolute atomic E-state index is 12.4. The number of anilines is 1. The van der Waals surface area contributed by atoms with Gasteiger partial charge in [0, 0.05) is 39.1 Å². The normalized spacial score (nSPS) is 13.2. The lowest BCUT2D eigenvalue weighted by molar-refractivity contribution is 0.0638. The molecule has 0 fully saturated rings. The van der Waals surface area contributed by atoms with Gasteiger partial charge in [-0.25, -0.2) is 4.79 Å². The quantitative estimate of drug-likeness (QED) is 0.481. The second-order valence-corrected chi connectivity index (χ2v) is 5.33. The summed E-state index contributed by atoms with van der Waals surface area (Å²) < 4.78 is 4.93. The van der Waals surface area contributed by atoms with Gasteiger partial charge in [-0.1, -0.05) is 0 Å². The summed E-state index contributed by atoms with van der Waals surface area (Å²) in [4.78, 5) is 37.5. The fraction of sp³-hybridized carbons (Fsp3) is 0.438. The molecule has 1 aliphatic heterocycles. The maximum atomic E-state index is 12.4. The van der Waals surface area contributed by atoms with Crippen LogP contribution in [-0.2, 0) is 4.74 Å². The van der Waals surface area contributed by atoms with E-state index in [9.17, 15) is 14.4 Å². The molecule has 130 valence electrons. The van der Waals surface area contributed by atoms with Gasteiger partial charge in [-0.15, -0.1) is 0 Å². The Bertz CT molecular complexity index is 632. The Labute approximate surface area is 139 Å². The number of imide groups is 1. The van der Waals surface area contributed by atoms with Crippen molar-refractivity contribution in [2.24, 2.45) is 0 Å². The van der Waals surface area contributed by atoms with Crippen LogP contribution < -0.4 is 10.6 Å². The molecule has 0 saturated carbocycles. The van der Waals surface area contributed by atoms with E-state index in [-0.39, 0.29) is 24.0 Å². The highest BCUT2D eigenvalue weighted by atomic mass is 16.5. The molecule has 24 heavy (non-hydrogen) atoms. The number of benzene rings is 1. The van der Waals surface area contributed by atoms with Crippen LogP contribution in [0.3, 0.4) is 0 Å². The molecule has 0 radical (unpaired) electrons. The van der Waals surface area contributed by atoms with E-state index in [1.54, 1.807) is 13.2 Å². The van der Waals surface area contributed by atoms with Crippen LogP contribution in [0.5, 0.6) is 0 Å². The molecule has 3 N–H and O–H groups in total. The highest BCUT2D eigenvalue weighted by Crippen LogP contribution is 2.26. The van der Waals surface area contributed by atoms with Crippen molar-refractivity contribution in [3.63, 3.8) is 0 Å². The number of hydrogen-bond donors (Lipinski definition) is 3. The highest BCUT2D eigenvalue weighted by molar-refractivity contribution is 6.21. The van der Waals surface area contributed by atoms with E-state index in [1.807, 2.05) is 0 Å². The van der Waals surface area contributed by atoms with Gasteiger partial charge in [-0.2, -0.15) is 0 Å². The molecule has 1 aliphatic rings. The third kappa shape index (κ3) is 4.09. The van der Waals surface area contributed by atoms with Gasteiger partial charge in [0.15, 0.2) is 0 Å². The summed E-state index contributed by atoms with van der Waals surface area (Å²) in [5, 5.41) is 13.9. The molecule has 0 bridgehead atoms. The second kappa shape index (κ2) is 8.42. The Kier molecular flexibility index (Phi) is 6.28. The zero-order chi connectivity index (χ0) is 17.5. The second-order valence-electron chi connectivity index (χ2n) is 5.33. The van der Waals surface area contributed by atoms with Crippen LogP contribution in [0.15, 0.2) is 18.2 Å². The van der Waals surface area contributed by atoms with Crippen molar-refractivity contribution < 1.29 is 24.2 Å². The SMILES string of the molecule is COCCCN1C(=O)c2ccc(NC(=O)NCCCO)cc2C1=O. The van der Waals surface area contributed by atoms with Gasteiger partial charge in [0.1, 0.15) is 0 Å². The number of hydrogen-bond acceptors (Lipinski definition) is 5. The van der Waals surface area contributed by atoms with E-state index in [0.29, 0.717) is 43.8 Å². The number of nitrogens with zero attached hydrogens (tertiary/aromatic N) is 1. The summed E-state index contributed by atoms with van der Waals surface area (Å²) >= 11 is 0. The number of fused-ring (bicyclic) bond motifs is 1. The van der Waals surface area contributed by atoms with Crippen LogP contribution in [0.25, 0.3) is 0 Å². The Hall–Kier alpha value is -2.45. The summed E-state index contributed by atoms with van der Waals surface area (Å²) in [7, 11) is 1.56. The van der Waals surface area contributed by atoms with Gasteiger partial charge in [0.2, 0.25) is 0 Å². The average Bonchev–Trinajstić information content (AvgIpc) is 2.80. The minimum absolute atomic E-state index is 0.00531. The Balaban J connectivity index is 2.03. The molecule has 0 spiro atoms. The van der Waals surface area contributed by atoms with Crippen molar-refractivity contribution in [2.45, 2.75) is 12.8 Å². The topological polar surface area (TPSA) is 108 Å². The Morgan fingerprint density at radius 3 is 2.67 bits per heavy atom. The number of ether oxygens (including phenoxy) is 1. The number of nitrogens with one attached hydrogen (secondary N) is 2. The van der Waals surface area contributed by atoms with E-state index in [1.165, 1.54) is 17.0 Å². The van der Waals surface area contributed by atoms with Crippen molar-refractivity contribution in [3.05, 3.63) is 29.3 Å². The van der Waals surface area contributed by atoms with E-state index >= 15 is 0 Å². The first-order chi connectivity index (χ1) is 11.6. The molecule has 0 atom stereocenters. The van der Waals surface area contributed by atoms with Gasteiger partial charge in [0.05, 0.1) is 11.1 Å². The number of amides is 4. The number of rotatable bonds is 8. The number of methoxy groups -OCH3 is 1. The maximum Gasteiger partial charge on any atom is 0.319 e. The van der Waals surface area contributed by atoms with E-state index < -0.39 is 6.03 Å². The number of urea groups is 1. The zero-order valence-electron chi connectivity index (χ0n) is 13.5. The molecule has 1 aromatic carbocycles. The van der Waals surface area contributed by atoms with Crippen molar-refractivity contribution in [2.75, 3.05) is 38.7 Å². The summed E-state index contributed by atoms with van der Waals surface area (Å²) in [6.45, 7) is 1.10. The van der Waals surface area contributed by atoms with Crippen molar-refractivity contribution in [3.8, 4) is 0 Å². The number of aliphatic hydroxyl groups is 1. The summed E-state index contributed by atoms with van der Waals surface area (Å²) in [5.41, 5.74) is 1.05. The van der Waals surface area contributed by atoms with Crippen LogP contribution >= 0.6 is 0 Å². The molecule has 1 aromatic rings. The van der Waals surface area contributed by atoms with Crippen LogP contribution in [0.1, 0.15) is 33.6 Å². The Morgan fingerprint density at radius 2 is 1.96 bits per heavy atom. The van der Waals surface area contributed by atoms with Gasteiger partial charge in [-0.05, 0) is 31.0 Å². The molecule has 4 amide bonds. The van der Waals surface area contributed by atoms with Gasteiger partial charge in [-0.3, -0.25) is 14.5 Å². The fourth-order valence-electron chi connectivity index (χ4n) is 2.39.